The van der Waals surface area contributed by atoms with E-state index in [2.05, 4.69) is 25.2 Å². The van der Waals surface area contributed by atoms with Crippen LogP contribution in [-0.2, 0) is 14.3 Å². The Labute approximate surface area is 128 Å². The highest BCUT2D eigenvalue weighted by Crippen LogP contribution is 2.18. The molecule has 1 amide bonds. The van der Waals surface area contributed by atoms with E-state index in [-0.39, 0.29) is 11.9 Å². The van der Waals surface area contributed by atoms with Crippen LogP contribution >= 0.6 is 0 Å². The summed E-state index contributed by atoms with van der Waals surface area (Å²) in [5, 5.41) is 9.61. The number of carbonyl (C=O) groups is 2. The predicted molar refractivity (Wildman–Crippen MR) is 80.9 cm³/mol. The number of nitrogens with zero attached hydrogens (tertiary/aromatic N) is 2. The number of amides is 1. The number of methoxy groups -OCH3 is 1. The van der Waals surface area contributed by atoms with Crippen molar-refractivity contribution in [3.63, 3.8) is 0 Å². The van der Waals surface area contributed by atoms with E-state index in [1.54, 1.807) is 18.5 Å². The summed E-state index contributed by atoms with van der Waals surface area (Å²) in [5.41, 5.74) is 1.68. The van der Waals surface area contributed by atoms with Crippen LogP contribution in [0.5, 0.6) is 0 Å². The number of rotatable bonds is 7. The van der Waals surface area contributed by atoms with Gasteiger partial charge in [-0.2, -0.15) is 5.10 Å². The second kappa shape index (κ2) is 7.92. The maximum absolute atomic E-state index is 11.8. The maximum atomic E-state index is 11.8. The number of hydrogen-bond donors (Lipinski definition) is 2. The van der Waals surface area contributed by atoms with Gasteiger partial charge in [-0.25, -0.2) is 0 Å². The molecule has 22 heavy (non-hydrogen) atoms. The zero-order chi connectivity index (χ0) is 15.8. The summed E-state index contributed by atoms with van der Waals surface area (Å²) < 4.78 is 4.54. The second-order valence-corrected chi connectivity index (χ2v) is 4.74. The van der Waals surface area contributed by atoms with Gasteiger partial charge in [0.1, 0.15) is 0 Å². The minimum absolute atomic E-state index is 0.130. The largest absolute Gasteiger partial charge is 0.469 e. The third-order valence-corrected chi connectivity index (χ3v) is 3.08. The highest BCUT2D eigenvalue weighted by Gasteiger charge is 2.08. The van der Waals surface area contributed by atoms with E-state index in [9.17, 15) is 9.59 Å². The molecule has 0 bridgehead atoms. The van der Waals surface area contributed by atoms with Gasteiger partial charge >= 0.3 is 5.97 Å². The number of esters is 1. The molecule has 0 saturated heterocycles. The van der Waals surface area contributed by atoms with E-state index in [0.29, 0.717) is 31.5 Å². The minimum Gasteiger partial charge on any atom is -0.469 e. The minimum atomic E-state index is -0.256. The number of pyridine rings is 1. The summed E-state index contributed by atoms with van der Waals surface area (Å²) in [6.07, 6.45) is 5.33. The average molecular weight is 302 g/mol. The van der Waals surface area contributed by atoms with Crippen molar-refractivity contribution >= 4 is 17.7 Å². The van der Waals surface area contributed by atoms with E-state index < -0.39 is 0 Å². The van der Waals surface area contributed by atoms with Crippen molar-refractivity contribution < 1.29 is 14.3 Å². The molecule has 0 spiro atoms. The lowest BCUT2D eigenvalue weighted by Crippen LogP contribution is -2.11. The number of nitrogens with one attached hydrogen (secondary N) is 2. The highest BCUT2D eigenvalue weighted by molar-refractivity contribution is 5.90. The molecule has 2 N–H and O–H groups in total. The first-order chi connectivity index (χ1) is 10.7. The third-order valence-electron chi connectivity index (χ3n) is 3.08. The molecule has 0 atom stereocenters. The molecule has 0 radical (unpaired) electrons. The van der Waals surface area contributed by atoms with Gasteiger partial charge in [0.2, 0.25) is 5.91 Å². The molecule has 0 aliphatic rings. The van der Waals surface area contributed by atoms with E-state index in [1.165, 1.54) is 7.11 Å². The first-order valence-corrected chi connectivity index (χ1v) is 7.01. The second-order valence-electron chi connectivity index (χ2n) is 4.74. The lowest BCUT2D eigenvalue weighted by atomic mass is 10.2. The number of ether oxygens (including phenoxy) is 1. The number of aromatic amines is 1. The zero-order valence-electron chi connectivity index (χ0n) is 12.3. The van der Waals surface area contributed by atoms with E-state index in [0.717, 1.165) is 11.3 Å². The number of anilines is 1. The lowest BCUT2D eigenvalue weighted by molar-refractivity contribution is -0.140. The Morgan fingerprint density at radius 2 is 2.14 bits per heavy atom. The van der Waals surface area contributed by atoms with Crippen LogP contribution < -0.4 is 5.32 Å². The number of carbonyl (C=O) groups excluding carboxylic acids is 2. The van der Waals surface area contributed by atoms with E-state index in [1.807, 2.05) is 12.1 Å². The van der Waals surface area contributed by atoms with Crippen LogP contribution in [0, 0.1) is 0 Å². The summed E-state index contributed by atoms with van der Waals surface area (Å²) in [5.74, 6) is 0.0831. The Hall–Kier alpha value is -2.70. The van der Waals surface area contributed by atoms with Crippen molar-refractivity contribution in [2.24, 2.45) is 0 Å². The van der Waals surface area contributed by atoms with Gasteiger partial charge < -0.3 is 10.1 Å². The Kier molecular flexibility index (Phi) is 5.65. The third kappa shape index (κ3) is 4.69. The molecule has 0 fully saturated rings. The van der Waals surface area contributed by atoms with Gasteiger partial charge in [-0.3, -0.25) is 19.7 Å². The number of aromatic nitrogens is 3. The maximum Gasteiger partial charge on any atom is 0.305 e. The Bertz CT molecular complexity index is 625. The molecule has 0 aromatic carbocycles. The molecule has 7 nitrogen and oxygen atoms in total. The Morgan fingerprint density at radius 3 is 2.86 bits per heavy atom. The van der Waals surface area contributed by atoms with Crippen LogP contribution in [0.1, 0.15) is 25.7 Å². The smallest absolute Gasteiger partial charge is 0.305 e. The van der Waals surface area contributed by atoms with Gasteiger partial charge in [0.15, 0.2) is 5.82 Å². The molecule has 0 aliphatic carbocycles. The fourth-order valence-corrected chi connectivity index (χ4v) is 1.92. The first-order valence-electron chi connectivity index (χ1n) is 7.01. The molecular formula is C15H18N4O3. The monoisotopic (exact) mass is 302 g/mol. The fourth-order valence-electron chi connectivity index (χ4n) is 1.92. The van der Waals surface area contributed by atoms with Gasteiger partial charge in [0, 0.05) is 36.9 Å². The molecule has 0 aliphatic heterocycles. The fraction of sp³-hybridized carbons (Fsp3) is 0.333. The molecule has 116 valence electrons. The normalized spacial score (nSPS) is 10.2. The Morgan fingerprint density at radius 1 is 1.32 bits per heavy atom. The van der Waals surface area contributed by atoms with Crippen LogP contribution in [-0.4, -0.2) is 34.2 Å². The zero-order valence-corrected chi connectivity index (χ0v) is 12.3. The summed E-state index contributed by atoms with van der Waals surface area (Å²) in [4.78, 5) is 26.8. The summed E-state index contributed by atoms with van der Waals surface area (Å²) in [7, 11) is 1.35. The molecule has 0 unspecified atom stereocenters. The molecule has 2 rings (SSSR count). The number of H-pyrrole nitrogens is 1. The van der Waals surface area contributed by atoms with Crippen LogP contribution in [0.4, 0.5) is 5.82 Å². The van der Waals surface area contributed by atoms with Crippen LogP contribution in [0.2, 0.25) is 0 Å². The van der Waals surface area contributed by atoms with Crippen molar-refractivity contribution in [1.82, 2.24) is 15.2 Å². The quantitative estimate of drug-likeness (QED) is 0.603. The van der Waals surface area contributed by atoms with Gasteiger partial charge in [-0.05, 0) is 25.0 Å². The topological polar surface area (TPSA) is 97.0 Å². The van der Waals surface area contributed by atoms with Crippen molar-refractivity contribution in [3.8, 4) is 11.3 Å². The molecule has 2 heterocycles. The van der Waals surface area contributed by atoms with Crippen LogP contribution in [0.3, 0.4) is 0 Å². The molecule has 0 saturated carbocycles. The van der Waals surface area contributed by atoms with Gasteiger partial charge in [-0.1, -0.05) is 0 Å². The van der Waals surface area contributed by atoms with Crippen molar-refractivity contribution in [3.05, 3.63) is 30.6 Å². The number of unbranched alkanes of at least 4 members (excludes halogenated alkanes) is 1. The molecule has 2 aromatic heterocycles. The van der Waals surface area contributed by atoms with Crippen LogP contribution in [0.25, 0.3) is 11.3 Å². The van der Waals surface area contributed by atoms with E-state index >= 15 is 0 Å². The summed E-state index contributed by atoms with van der Waals surface area (Å²) >= 11 is 0. The van der Waals surface area contributed by atoms with Crippen molar-refractivity contribution in [2.45, 2.75) is 25.7 Å². The lowest BCUT2D eigenvalue weighted by Gasteiger charge is -2.01. The molecule has 2 aromatic rings. The van der Waals surface area contributed by atoms with Gasteiger partial charge in [-0.15, -0.1) is 0 Å². The van der Waals surface area contributed by atoms with Crippen LogP contribution in [0.15, 0.2) is 30.6 Å². The van der Waals surface area contributed by atoms with Crippen molar-refractivity contribution in [1.29, 1.82) is 0 Å². The number of hydrogen-bond acceptors (Lipinski definition) is 5. The summed E-state index contributed by atoms with van der Waals surface area (Å²) in [6.45, 7) is 0. The van der Waals surface area contributed by atoms with Gasteiger partial charge in [0.25, 0.3) is 0 Å². The van der Waals surface area contributed by atoms with E-state index in [4.69, 9.17) is 0 Å². The molecule has 7 heteroatoms. The Balaban J connectivity index is 1.78. The standard InChI is InChI=1S/C15H18N4O3/c1-22-15(21)7-3-2-6-14(20)17-13-9-12(18-19-13)11-5-4-8-16-10-11/h4-5,8-10H,2-3,6-7H2,1H3,(H2,17,18,19,20). The predicted octanol–water partition coefficient (Wildman–Crippen LogP) is 2.14. The SMILES string of the molecule is COC(=O)CCCCC(=O)Nc1cc(-c2cccnc2)[nH]n1. The highest BCUT2D eigenvalue weighted by atomic mass is 16.5. The first kappa shape index (κ1) is 15.7. The summed E-state index contributed by atoms with van der Waals surface area (Å²) in [6, 6.07) is 5.48. The van der Waals surface area contributed by atoms with Crippen molar-refractivity contribution in [2.75, 3.05) is 12.4 Å². The average Bonchev–Trinajstić information content (AvgIpc) is 3.00. The van der Waals surface area contributed by atoms with Gasteiger partial charge in [0.05, 0.1) is 12.8 Å². The molecular weight excluding hydrogens is 284 g/mol.